The first-order valence-corrected chi connectivity index (χ1v) is 17.0. The molecule has 4 N–H and O–H groups in total. The summed E-state index contributed by atoms with van der Waals surface area (Å²) < 4.78 is 104. The van der Waals surface area contributed by atoms with Crippen LogP contribution in [0.2, 0.25) is 5.02 Å². The van der Waals surface area contributed by atoms with Crippen LogP contribution < -0.4 is 11.1 Å². The second kappa shape index (κ2) is 13.9. The molecule has 284 valence electrons. The molecule has 6 rings (SSSR count). The maximum Gasteiger partial charge on any atom is 0.435 e. The lowest BCUT2D eigenvalue weighted by atomic mass is 9.93. The Bertz CT molecular complexity index is 2330. The van der Waals surface area contributed by atoms with Crippen LogP contribution in [0.5, 0.6) is 0 Å². The van der Waals surface area contributed by atoms with Crippen molar-refractivity contribution in [3.05, 3.63) is 93.0 Å². The van der Waals surface area contributed by atoms with Gasteiger partial charge in [-0.1, -0.05) is 30.5 Å². The minimum absolute atomic E-state index is 0.0428. The Hall–Kier alpha value is -5.14. The number of hydrogen-bond acceptors (Lipinski definition) is 6. The number of hydrogen-bond donors (Lipinski definition) is 3. The molecule has 1 aliphatic rings. The van der Waals surface area contributed by atoms with E-state index < -0.39 is 77.1 Å². The van der Waals surface area contributed by atoms with Crippen molar-refractivity contribution in [3.8, 4) is 23.0 Å². The first-order valence-electron chi connectivity index (χ1n) is 16.6. The fourth-order valence-corrected chi connectivity index (χ4v) is 7.06. The van der Waals surface area contributed by atoms with Crippen LogP contribution in [-0.4, -0.2) is 41.2 Å². The average molecular weight is 776 g/mol. The van der Waals surface area contributed by atoms with Crippen molar-refractivity contribution in [1.29, 1.82) is 0 Å². The zero-order valence-corrected chi connectivity index (χ0v) is 30.0. The number of aryl methyl sites for hydroxylation is 1. The number of rotatable bonds is 8. The molecule has 0 saturated carbocycles. The van der Waals surface area contributed by atoms with Gasteiger partial charge >= 0.3 is 6.18 Å². The summed E-state index contributed by atoms with van der Waals surface area (Å²) in [4.78, 5) is 18.5. The highest BCUT2D eigenvalue weighted by molar-refractivity contribution is 6.37. The number of fused-ring (bicyclic) bond motifs is 2. The highest BCUT2D eigenvalue weighted by Crippen LogP contribution is 2.51. The fraction of sp³-hybridized carbons (Fsp3) is 0.351. The molecule has 5 aromatic rings. The van der Waals surface area contributed by atoms with Crippen LogP contribution >= 0.6 is 11.6 Å². The van der Waals surface area contributed by atoms with E-state index in [1.807, 2.05) is 0 Å². The van der Waals surface area contributed by atoms with E-state index >= 15 is 8.78 Å². The van der Waals surface area contributed by atoms with Crippen LogP contribution in [0.15, 0.2) is 42.5 Å². The van der Waals surface area contributed by atoms with E-state index in [9.17, 15) is 31.9 Å². The maximum absolute atomic E-state index is 15.5. The Balaban J connectivity index is 1.52. The van der Waals surface area contributed by atoms with E-state index in [2.05, 4.69) is 32.3 Å². The zero-order chi connectivity index (χ0) is 39.5. The van der Waals surface area contributed by atoms with Gasteiger partial charge in [0.25, 0.3) is 5.92 Å². The number of alkyl halides is 5. The Kier molecular flexibility index (Phi) is 9.95. The van der Waals surface area contributed by atoms with E-state index in [1.165, 1.54) is 31.5 Å². The number of anilines is 1. The molecule has 0 saturated heterocycles. The summed E-state index contributed by atoms with van der Waals surface area (Å²) in [6.07, 6.45) is -6.12. The highest BCUT2D eigenvalue weighted by atomic mass is 35.5. The van der Waals surface area contributed by atoms with Gasteiger partial charge in [-0.2, -0.15) is 32.1 Å². The Morgan fingerprint density at radius 3 is 2.41 bits per heavy atom. The van der Waals surface area contributed by atoms with E-state index in [0.29, 0.717) is 32.8 Å². The van der Waals surface area contributed by atoms with Gasteiger partial charge in [-0.15, -0.1) is 0 Å². The summed E-state index contributed by atoms with van der Waals surface area (Å²) >= 11 is 6.49. The molecule has 9 nitrogen and oxygen atoms in total. The molecule has 0 bridgehead atoms. The van der Waals surface area contributed by atoms with E-state index in [4.69, 9.17) is 17.3 Å². The topological polar surface area (TPSA) is 124 Å². The molecule has 1 aliphatic carbocycles. The van der Waals surface area contributed by atoms with Gasteiger partial charge in [0.15, 0.2) is 11.5 Å². The number of aromatic nitrogens is 5. The van der Waals surface area contributed by atoms with Crippen LogP contribution in [0, 0.1) is 29.4 Å². The van der Waals surface area contributed by atoms with Gasteiger partial charge in [0.05, 0.1) is 27.7 Å². The Morgan fingerprint density at radius 1 is 1.11 bits per heavy atom. The summed E-state index contributed by atoms with van der Waals surface area (Å²) in [5, 5.41) is 21.3. The van der Waals surface area contributed by atoms with Gasteiger partial charge in [-0.05, 0) is 74.9 Å². The molecule has 0 radical (unpaired) electrons. The van der Waals surface area contributed by atoms with Gasteiger partial charge < -0.3 is 16.2 Å². The first-order chi connectivity index (χ1) is 25.2. The fourth-order valence-electron chi connectivity index (χ4n) is 6.81. The van der Waals surface area contributed by atoms with Crippen molar-refractivity contribution in [2.45, 2.75) is 70.3 Å². The number of benzene rings is 2. The minimum Gasteiger partial charge on any atom is -0.382 e. The minimum atomic E-state index is -5.07. The summed E-state index contributed by atoms with van der Waals surface area (Å²) in [6.45, 7) is 3.25. The van der Waals surface area contributed by atoms with Crippen molar-refractivity contribution in [3.63, 3.8) is 0 Å². The summed E-state index contributed by atoms with van der Waals surface area (Å²) in [6, 6.07) is 7.67. The molecule has 0 spiro atoms. The van der Waals surface area contributed by atoms with Gasteiger partial charge in [0.2, 0.25) is 5.91 Å². The molecule has 2 unspecified atom stereocenters. The standard InChI is InChI=1S/C37H33ClF7N7O2/c1-5-19-15-25-32(37(43,44)45)49-52(33(25)36(19,41)42)17-28(53)48-27(14-18-12-20(39)16-21(40)13-18)30-23(7-6-22(47-30)10-11-35(2,3)54)24-8-9-26(38)29-31(24)51(4)50-34(29)46/h6-9,12-13,16,19,27,54H,5,14-15,17H2,1-4H3,(H2,46,50)(H,48,53). The average Bonchev–Trinajstić information content (AvgIpc) is 3.67. The van der Waals surface area contributed by atoms with Crippen LogP contribution in [0.25, 0.3) is 22.0 Å². The third kappa shape index (κ3) is 7.47. The molecule has 2 aromatic carbocycles. The Labute approximate surface area is 309 Å². The van der Waals surface area contributed by atoms with E-state index in [1.54, 1.807) is 25.2 Å². The number of nitrogens with two attached hydrogens (primary N) is 1. The van der Waals surface area contributed by atoms with E-state index in [0.717, 1.165) is 12.1 Å². The second-order valence-electron chi connectivity index (χ2n) is 13.6. The number of halogens is 8. The van der Waals surface area contributed by atoms with Gasteiger partial charge in [0, 0.05) is 35.7 Å². The third-order valence-electron chi connectivity index (χ3n) is 9.09. The number of nitrogens with one attached hydrogen (secondary N) is 1. The number of aliphatic hydroxyl groups is 1. The number of pyridine rings is 1. The number of nitrogens with zero attached hydrogens (tertiary/aromatic N) is 5. The highest BCUT2D eigenvalue weighted by Gasteiger charge is 2.55. The van der Waals surface area contributed by atoms with Crippen molar-refractivity contribution < 1.29 is 40.6 Å². The quantitative estimate of drug-likeness (QED) is 0.113. The lowest BCUT2D eigenvalue weighted by Crippen LogP contribution is -2.35. The number of carbonyl (C=O) groups is 1. The molecule has 3 aromatic heterocycles. The predicted octanol–water partition coefficient (Wildman–Crippen LogP) is 7.26. The van der Waals surface area contributed by atoms with Crippen molar-refractivity contribution in [1.82, 2.24) is 29.9 Å². The van der Waals surface area contributed by atoms with Gasteiger partial charge in [-0.3, -0.25) is 14.2 Å². The monoisotopic (exact) mass is 775 g/mol. The lowest BCUT2D eigenvalue weighted by molar-refractivity contribution is -0.142. The van der Waals surface area contributed by atoms with Crippen LogP contribution in [-0.2, 0) is 43.3 Å². The van der Waals surface area contributed by atoms with E-state index in [-0.39, 0.29) is 40.6 Å². The zero-order valence-electron chi connectivity index (χ0n) is 29.2. The Morgan fingerprint density at radius 2 is 1.78 bits per heavy atom. The number of amides is 1. The normalized spacial score (nSPS) is 15.9. The van der Waals surface area contributed by atoms with Crippen LogP contribution in [0.4, 0.5) is 36.6 Å². The maximum atomic E-state index is 15.5. The molecule has 0 aliphatic heterocycles. The largest absolute Gasteiger partial charge is 0.435 e. The third-order valence-corrected chi connectivity index (χ3v) is 9.40. The number of nitrogen functional groups attached to an aromatic ring is 1. The summed E-state index contributed by atoms with van der Waals surface area (Å²) in [5.41, 5.74) is 2.95. The molecule has 0 fully saturated rings. The SMILES string of the molecule is CCC1Cc2c(C(F)(F)F)nn(CC(=O)NC(Cc3cc(F)cc(F)c3)c3nc(C#CC(C)(C)O)ccc3-c3ccc(Cl)c4c(N)nn(C)c34)c2C1(F)F. The van der Waals surface area contributed by atoms with Crippen LogP contribution in [0.1, 0.15) is 67.1 Å². The molecule has 54 heavy (non-hydrogen) atoms. The smallest absolute Gasteiger partial charge is 0.382 e. The van der Waals surface area contributed by atoms with Crippen molar-refractivity contribution in [2.24, 2.45) is 13.0 Å². The second-order valence-corrected chi connectivity index (χ2v) is 14.0. The molecule has 1 amide bonds. The van der Waals surface area contributed by atoms with Gasteiger partial charge in [0.1, 0.15) is 35.2 Å². The van der Waals surface area contributed by atoms with Crippen LogP contribution in [0.3, 0.4) is 0 Å². The molecule has 2 atom stereocenters. The molecular weight excluding hydrogens is 743 g/mol. The first kappa shape index (κ1) is 38.6. The molecule has 3 heterocycles. The predicted molar refractivity (Wildman–Crippen MR) is 186 cm³/mol. The summed E-state index contributed by atoms with van der Waals surface area (Å²) in [5.74, 6) is -2.58. The number of carbonyl (C=O) groups excluding carboxylic acids is 1. The van der Waals surface area contributed by atoms with Crippen molar-refractivity contribution >= 4 is 34.2 Å². The van der Waals surface area contributed by atoms with Gasteiger partial charge in [-0.25, -0.2) is 13.8 Å². The summed E-state index contributed by atoms with van der Waals surface area (Å²) in [7, 11) is 1.61. The van der Waals surface area contributed by atoms with Crippen molar-refractivity contribution in [2.75, 3.05) is 5.73 Å². The molecule has 17 heteroatoms. The molecular formula is C37H33ClF7N7O2. The lowest BCUT2D eigenvalue weighted by Gasteiger charge is -2.23.